The zero-order valence-corrected chi connectivity index (χ0v) is 26.1. The summed E-state index contributed by atoms with van der Waals surface area (Å²) >= 11 is 0. The van der Waals surface area contributed by atoms with Gasteiger partial charge < -0.3 is 25.2 Å². The van der Waals surface area contributed by atoms with Gasteiger partial charge in [-0.05, 0) is 117 Å². The molecule has 7 rings (SSSR count). The number of rotatable bonds is 2. The van der Waals surface area contributed by atoms with E-state index in [1.807, 2.05) is 13.8 Å². The van der Waals surface area contributed by atoms with E-state index < -0.39 is 11.6 Å². The Hall–Kier alpha value is -0.690. The van der Waals surface area contributed by atoms with Gasteiger partial charge in [0.1, 0.15) is 0 Å². The number of hydrogen-bond donors (Lipinski definition) is 4. The lowest BCUT2D eigenvalue weighted by Gasteiger charge is -2.59. The van der Waals surface area contributed by atoms with Crippen molar-refractivity contribution in [2.24, 2.45) is 45.3 Å². The fourth-order valence-corrected chi connectivity index (χ4v) is 11.3. The van der Waals surface area contributed by atoms with Crippen LogP contribution >= 0.6 is 0 Å². The van der Waals surface area contributed by atoms with E-state index in [-0.39, 0.29) is 35.2 Å². The largest absolute Gasteiger partial charge is 0.481 e. The Balaban J connectivity index is 0.000000353. The monoisotopic (exact) mass is 562 g/mol. The van der Waals surface area contributed by atoms with E-state index >= 15 is 0 Å². The Morgan fingerprint density at radius 2 is 1.48 bits per heavy atom. The molecule has 7 fully saturated rings. The fourth-order valence-electron chi connectivity index (χ4n) is 11.3. The summed E-state index contributed by atoms with van der Waals surface area (Å²) in [5.74, 6) is 1.21. The van der Waals surface area contributed by atoms with E-state index in [1.165, 1.54) is 64.2 Å². The molecule has 0 bridgehead atoms. The first-order valence-corrected chi connectivity index (χ1v) is 16.5. The number of ether oxygens (including phenoxy) is 1. The van der Waals surface area contributed by atoms with Gasteiger partial charge in [-0.1, -0.05) is 46.5 Å². The van der Waals surface area contributed by atoms with Crippen LogP contribution in [-0.2, 0) is 9.53 Å². The van der Waals surface area contributed by atoms with Crippen molar-refractivity contribution in [1.82, 2.24) is 0 Å². The highest BCUT2D eigenvalue weighted by atomic mass is 16.5. The second-order valence-corrected chi connectivity index (χ2v) is 16.5. The van der Waals surface area contributed by atoms with Gasteiger partial charge in [0.15, 0.2) is 0 Å². The molecule has 6 saturated carbocycles. The van der Waals surface area contributed by atoms with Crippen LogP contribution in [0.3, 0.4) is 0 Å². The van der Waals surface area contributed by atoms with Crippen molar-refractivity contribution >= 4 is 5.97 Å². The molecular weight excluding hydrogens is 504 g/mol. The van der Waals surface area contributed by atoms with Gasteiger partial charge in [-0.25, -0.2) is 0 Å². The molecule has 230 valence electrons. The summed E-state index contributed by atoms with van der Waals surface area (Å²) < 4.78 is 6.59. The fraction of sp³-hybridized carbons (Fsp3) is 0.971. The van der Waals surface area contributed by atoms with E-state index in [2.05, 4.69) is 20.8 Å². The number of fused-ring (bicyclic) bond motifs is 4. The molecule has 1 heterocycles. The van der Waals surface area contributed by atoms with Gasteiger partial charge in [0.25, 0.3) is 5.97 Å². The zero-order chi connectivity index (χ0) is 29.3. The molecule has 2 spiro atoms. The maximum atomic E-state index is 11.8. The molecule has 1 aliphatic heterocycles. The Morgan fingerprint density at radius 1 is 0.875 bits per heavy atom. The molecule has 4 N–H and O–H groups in total. The van der Waals surface area contributed by atoms with Crippen LogP contribution in [0.1, 0.15) is 131 Å². The first kappa shape index (κ1) is 30.8. The van der Waals surface area contributed by atoms with Crippen molar-refractivity contribution < 1.29 is 30.0 Å². The highest BCUT2D eigenvalue weighted by Gasteiger charge is 2.81. The molecule has 0 amide bonds. The highest BCUT2D eigenvalue weighted by molar-refractivity contribution is 5.62. The maximum Gasteiger partial charge on any atom is 0.300 e. The van der Waals surface area contributed by atoms with Gasteiger partial charge in [0.2, 0.25) is 0 Å². The third-order valence-electron chi connectivity index (χ3n) is 13.4. The Bertz CT molecular complexity index is 929. The summed E-state index contributed by atoms with van der Waals surface area (Å²) in [6.45, 7) is 11.9. The summed E-state index contributed by atoms with van der Waals surface area (Å²) in [7, 11) is 0. The standard InChI is InChI=1S/C28H46O4.C4H8.C2H4O2/c1-24(2,31)14-16-6-7-18-23(32-16)22(30)21-17-8-9-19-25(3,4)20(29)10-11-28(19)15-27(17,28)13-12-26(18,21)5;1-2-4-3-1;1-2(3)4/h16-23,29-31H,6-15H2,1-5H3;1-4H2;1H3,(H,3,4). The van der Waals surface area contributed by atoms with Crippen molar-refractivity contribution in [3.8, 4) is 0 Å². The van der Waals surface area contributed by atoms with Crippen LogP contribution in [0.5, 0.6) is 0 Å². The molecule has 1 saturated heterocycles. The number of hydrogen-bond acceptors (Lipinski definition) is 5. The molecule has 11 unspecified atom stereocenters. The summed E-state index contributed by atoms with van der Waals surface area (Å²) in [5, 5.41) is 40.3. The number of aliphatic carboxylic acids is 1. The predicted octanol–water partition coefficient (Wildman–Crippen LogP) is 6.34. The van der Waals surface area contributed by atoms with Crippen molar-refractivity contribution in [3.63, 3.8) is 0 Å². The van der Waals surface area contributed by atoms with Crippen molar-refractivity contribution in [1.29, 1.82) is 0 Å². The average molecular weight is 563 g/mol. The number of aliphatic hydroxyl groups is 3. The zero-order valence-electron chi connectivity index (χ0n) is 26.1. The SMILES string of the molecule is C1CCC1.CC(=O)O.CC(C)(O)CC1CCC2C(O1)C(O)C1C3CCC4C(C)(C)C(O)CCC45CC35CCC21C. The molecule has 6 aliphatic carbocycles. The minimum atomic E-state index is -0.833. The molecule has 6 nitrogen and oxygen atoms in total. The number of carbonyl (C=O) groups is 1. The van der Waals surface area contributed by atoms with Crippen LogP contribution in [0, 0.1) is 45.3 Å². The molecule has 40 heavy (non-hydrogen) atoms. The van der Waals surface area contributed by atoms with Crippen LogP contribution in [0.4, 0.5) is 0 Å². The van der Waals surface area contributed by atoms with E-state index in [0.29, 0.717) is 40.9 Å². The van der Waals surface area contributed by atoms with Crippen LogP contribution in [0.2, 0.25) is 0 Å². The molecule has 0 aromatic heterocycles. The minimum absolute atomic E-state index is 0.0170. The summed E-state index contributed by atoms with van der Waals surface area (Å²) in [4.78, 5) is 9.00. The first-order chi connectivity index (χ1) is 18.6. The molecule has 0 aromatic carbocycles. The summed E-state index contributed by atoms with van der Waals surface area (Å²) in [5.41, 5.74) is 0.290. The second kappa shape index (κ2) is 10.5. The van der Waals surface area contributed by atoms with Gasteiger partial charge in [-0.15, -0.1) is 0 Å². The van der Waals surface area contributed by atoms with E-state index in [9.17, 15) is 15.3 Å². The molecule has 11 atom stereocenters. The van der Waals surface area contributed by atoms with Gasteiger partial charge >= 0.3 is 0 Å². The summed E-state index contributed by atoms with van der Waals surface area (Å²) in [6.07, 6.45) is 16.7. The maximum absolute atomic E-state index is 11.8. The number of carboxylic acid groups (broad SMARTS) is 1. The number of carboxylic acids is 1. The van der Waals surface area contributed by atoms with Crippen molar-refractivity contribution in [2.75, 3.05) is 0 Å². The van der Waals surface area contributed by atoms with Crippen molar-refractivity contribution in [2.45, 2.75) is 161 Å². The molecule has 0 radical (unpaired) electrons. The van der Waals surface area contributed by atoms with Crippen molar-refractivity contribution in [3.05, 3.63) is 0 Å². The van der Waals surface area contributed by atoms with Crippen LogP contribution in [0.25, 0.3) is 0 Å². The lowest BCUT2D eigenvalue weighted by Crippen LogP contribution is -2.55. The Labute approximate surface area is 242 Å². The highest BCUT2D eigenvalue weighted by Crippen LogP contribution is 2.87. The first-order valence-electron chi connectivity index (χ1n) is 16.5. The van der Waals surface area contributed by atoms with Crippen LogP contribution in [-0.4, -0.2) is 56.4 Å². The van der Waals surface area contributed by atoms with Gasteiger partial charge in [-0.3, -0.25) is 4.79 Å². The Kier molecular flexibility index (Phi) is 8.06. The molecule has 7 aliphatic rings. The normalized spacial score (nSPS) is 49.5. The minimum Gasteiger partial charge on any atom is -0.481 e. The molecule has 0 aromatic rings. The van der Waals surface area contributed by atoms with Crippen LogP contribution < -0.4 is 0 Å². The van der Waals surface area contributed by atoms with Gasteiger partial charge in [0.05, 0.1) is 30.0 Å². The lowest BCUT2D eigenvalue weighted by molar-refractivity contribution is -0.144. The Morgan fingerprint density at radius 3 is 2.05 bits per heavy atom. The van der Waals surface area contributed by atoms with Gasteiger partial charge in [-0.2, -0.15) is 0 Å². The average Bonchev–Trinajstić information content (AvgIpc) is 3.41. The summed E-state index contributed by atoms with van der Waals surface area (Å²) in [6, 6.07) is 0. The third kappa shape index (κ3) is 4.89. The van der Waals surface area contributed by atoms with E-state index in [4.69, 9.17) is 14.6 Å². The third-order valence-corrected chi connectivity index (χ3v) is 13.4. The predicted molar refractivity (Wildman–Crippen MR) is 156 cm³/mol. The van der Waals surface area contributed by atoms with Gasteiger partial charge in [0, 0.05) is 13.3 Å². The van der Waals surface area contributed by atoms with Crippen LogP contribution in [0.15, 0.2) is 0 Å². The number of aliphatic hydroxyl groups excluding tert-OH is 2. The molecule has 6 heteroatoms. The van der Waals surface area contributed by atoms with E-state index in [0.717, 1.165) is 26.2 Å². The second-order valence-electron chi connectivity index (χ2n) is 16.5. The molecular formula is C34H58O6. The smallest absolute Gasteiger partial charge is 0.300 e. The quantitative estimate of drug-likeness (QED) is 0.313. The topological polar surface area (TPSA) is 107 Å². The van der Waals surface area contributed by atoms with E-state index in [1.54, 1.807) is 0 Å². The lowest BCUT2D eigenvalue weighted by atomic mass is 9.46.